The van der Waals surface area contributed by atoms with E-state index in [0.29, 0.717) is 29.8 Å². The number of fused-ring (bicyclic) bond motifs is 1. The summed E-state index contributed by atoms with van der Waals surface area (Å²) in [5.41, 5.74) is 5.80. The highest BCUT2D eigenvalue weighted by Crippen LogP contribution is 2.47. The van der Waals surface area contributed by atoms with Gasteiger partial charge in [-0.2, -0.15) is 0 Å². The fourth-order valence-corrected chi connectivity index (χ4v) is 5.55. The Morgan fingerprint density at radius 1 is 0.949 bits per heavy atom. The third-order valence-electron chi connectivity index (χ3n) is 7.58. The van der Waals surface area contributed by atoms with Gasteiger partial charge in [0.15, 0.2) is 5.78 Å². The molecule has 0 bridgehead atoms. The van der Waals surface area contributed by atoms with Gasteiger partial charge in [-0.3, -0.25) is 24.3 Å². The monoisotopic (exact) mass is 523 g/mol. The number of hydrogen-bond acceptors (Lipinski definition) is 5. The Kier molecular flexibility index (Phi) is 7.08. The lowest BCUT2D eigenvalue weighted by Gasteiger charge is -2.35. The van der Waals surface area contributed by atoms with Crippen LogP contribution < -0.4 is 10.2 Å². The van der Waals surface area contributed by atoms with E-state index < -0.39 is 12.0 Å². The summed E-state index contributed by atoms with van der Waals surface area (Å²) in [5, 5.41) is 12.8. The van der Waals surface area contributed by atoms with Gasteiger partial charge in [0, 0.05) is 36.5 Å². The van der Waals surface area contributed by atoms with Gasteiger partial charge in [-0.1, -0.05) is 57.2 Å². The van der Waals surface area contributed by atoms with Gasteiger partial charge in [0.25, 0.3) is 0 Å². The Bertz CT molecular complexity index is 1440. The average Bonchev–Trinajstić information content (AvgIpc) is 3.06. The zero-order valence-electron chi connectivity index (χ0n) is 22.5. The van der Waals surface area contributed by atoms with E-state index >= 15 is 0 Å². The number of carbonyl (C=O) groups is 3. The average molecular weight is 524 g/mol. The lowest BCUT2D eigenvalue weighted by atomic mass is 9.77. The van der Waals surface area contributed by atoms with Crippen LogP contribution in [0.3, 0.4) is 0 Å². The number of rotatable bonds is 5. The number of aromatic nitrogens is 1. The summed E-state index contributed by atoms with van der Waals surface area (Å²) >= 11 is 0. The summed E-state index contributed by atoms with van der Waals surface area (Å²) < 4.78 is 0. The number of aliphatic carboxylic acids is 1. The minimum absolute atomic E-state index is 0.00252. The molecule has 2 aromatic carbocycles. The third kappa shape index (κ3) is 5.35. The van der Waals surface area contributed by atoms with E-state index in [1.54, 1.807) is 17.3 Å². The molecule has 0 saturated heterocycles. The molecule has 7 nitrogen and oxygen atoms in total. The Hall–Kier alpha value is -4.26. The maximum Gasteiger partial charge on any atom is 0.303 e. The molecule has 1 aliphatic heterocycles. The first-order valence-corrected chi connectivity index (χ1v) is 13.3. The van der Waals surface area contributed by atoms with Crippen molar-refractivity contribution in [1.29, 1.82) is 0 Å². The van der Waals surface area contributed by atoms with Crippen LogP contribution in [-0.2, 0) is 19.8 Å². The number of hydrogen-bond donors (Lipinski definition) is 2. The maximum absolute atomic E-state index is 14.0. The van der Waals surface area contributed by atoms with Crippen LogP contribution in [0.25, 0.3) is 0 Å². The van der Waals surface area contributed by atoms with Crippen molar-refractivity contribution >= 4 is 29.0 Å². The number of carboxylic acid groups (broad SMARTS) is 1. The number of carbonyl (C=O) groups excluding carboxylic acids is 2. The van der Waals surface area contributed by atoms with E-state index in [0.717, 1.165) is 16.8 Å². The number of amides is 1. The predicted molar refractivity (Wildman–Crippen MR) is 151 cm³/mol. The van der Waals surface area contributed by atoms with Gasteiger partial charge in [-0.05, 0) is 58.7 Å². The summed E-state index contributed by atoms with van der Waals surface area (Å²) in [7, 11) is 0. The third-order valence-corrected chi connectivity index (χ3v) is 7.58. The van der Waals surface area contributed by atoms with Crippen LogP contribution in [0.15, 0.2) is 84.3 Å². The molecular weight excluding hydrogens is 490 g/mol. The Balaban J connectivity index is 1.62. The number of nitrogens with zero attached hydrogens (tertiary/aromatic N) is 2. The molecule has 1 amide bonds. The molecule has 0 fully saturated rings. The standard InChI is InChI=1S/C32H33N3O4/c1-32(2,3)23-10-8-20(9-11-23)22-18-25-30(27(36)19-22)31(21-14-16-33-17-15-21)35(28(37)12-13-29(38)39)26-7-5-4-6-24(26)34-25/h4-11,14-17,22,31,34H,12-13,18-19H2,1-3H3,(H,38,39)/t22-,31-/m1/s1. The van der Waals surface area contributed by atoms with Gasteiger partial charge >= 0.3 is 5.97 Å². The van der Waals surface area contributed by atoms with Gasteiger partial charge in [0.05, 0.1) is 23.8 Å². The number of benzene rings is 2. The smallest absolute Gasteiger partial charge is 0.303 e. The van der Waals surface area contributed by atoms with Gasteiger partial charge in [0.2, 0.25) is 5.91 Å². The molecule has 39 heavy (non-hydrogen) atoms. The van der Waals surface area contributed by atoms with Crippen LogP contribution in [0, 0.1) is 0 Å². The van der Waals surface area contributed by atoms with Crippen molar-refractivity contribution in [3.63, 3.8) is 0 Å². The van der Waals surface area contributed by atoms with Crippen molar-refractivity contribution < 1.29 is 19.5 Å². The largest absolute Gasteiger partial charge is 0.481 e. The number of anilines is 2. The number of nitrogens with one attached hydrogen (secondary N) is 1. The highest BCUT2D eigenvalue weighted by Gasteiger charge is 2.41. The molecule has 1 aromatic heterocycles. The molecule has 0 saturated carbocycles. The molecule has 3 aromatic rings. The minimum Gasteiger partial charge on any atom is -0.481 e. The first-order valence-electron chi connectivity index (χ1n) is 13.3. The van der Waals surface area contributed by atoms with Gasteiger partial charge < -0.3 is 10.4 Å². The van der Waals surface area contributed by atoms with E-state index in [1.165, 1.54) is 5.56 Å². The van der Waals surface area contributed by atoms with E-state index in [2.05, 4.69) is 55.3 Å². The predicted octanol–water partition coefficient (Wildman–Crippen LogP) is 6.14. The summed E-state index contributed by atoms with van der Waals surface area (Å²) in [6.07, 6.45) is 3.76. The fourth-order valence-electron chi connectivity index (χ4n) is 5.55. The minimum atomic E-state index is -1.04. The van der Waals surface area contributed by atoms with Gasteiger partial charge in [-0.25, -0.2) is 0 Å². The fraction of sp³-hybridized carbons (Fsp3) is 0.312. The van der Waals surface area contributed by atoms with Crippen molar-refractivity contribution in [3.05, 3.63) is 101 Å². The molecule has 1 aliphatic carbocycles. The van der Waals surface area contributed by atoms with Crippen molar-refractivity contribution in [2.24, 2.45) is 0 Å². The normalized spacial score (nSPS) is 19.1. The molecule has 2 atom stereocenters. The first-order chi connectivity index (χ1) is 18.6. The zero-order chi connectivity index (χ0) is 27.7. The lowest BCUT2D eigenvalue weighted by Crippen LogP contribution is -2.38. The van der Waals surface area contributed by atoms with Crippen LogP contribution in [0.4, 0.5) is 11.4 Å². The quantitative estimate of drug-likeness (QED) is 0.416. The van der Waals surface area contributed by atoms with E-state index in [1.807, 2.05) is 36.4 Å². The van der Waals surface area contributed by atoms with Crippen LogP contribution in [0.1, 0.15) is 75.1 Å². The maximum atomic E-state index is 14.0. The zero-order valence-corrected chi connectivity index (χ0v) is 22.5. The van der Waals surface area contributed by atoms with Gasteiger partial charge in [0.1, 0.15) is 0 Å². The molecule has 2 N–H and O–H groups in total. The summed E-state index contributed by atoms with van der Waals surface area (Å²) in [6, 6.07) is 18.9. The van der Waals surface area contributed by atoms with Crippen molar-refractivity contribution in [3.8, 4) is 0 Å². The number of para-hydroxylation sites is 2. The lowest BCUT2D eigenvalue weighted by molar-refractivity contribution is -0.138. The molecule has 0 spiro atoms. The van der Waals surface area contributed by atoms with Crippen molar-refractivity contribution in [2.45, 2.75) is 63.8 Å². The van der Waals surface area contributed by atoms with Crippen molar-refractivity contribution in [1.82, 2.24) is 4.98 Å². The molecule has 0 unspecified atom stereocenters. The number of pyridine rings is 1. The topological polar surface area (TPSA) is 99.6 Å². The Morgan fingerprint density at radius 2 is 1.64 bits per heavy atom. The molecule has 0 radical (unpaired) electrons. The molecule has 7 heteroatoms. The number of carboxylic acids is 1. The molecular formula is C32H33N3O4. The van der Waals surface area contributed by atoms with Crippen molar-refractivity contribution in [2.75, 3.05) is 10.2 Å². The number of ketones is 1. The number of Topliss-reactive ketones (excluding diaryl/α,β-unsaturated/α-hetero) is 1. The second kappa shape index (κ2) is 10.5. The Labute approximate surface area is 228 Å². The van der Waals surface area contributed by atoms with E-state index in [-0.39, 0.29) is 35.9 Å². The van der Waals surface area contributed by atoms with E-state index in [9.17, 15) is 19.5 Å². The SMILES string of the molecule is CC(C)(C)c1ccc([C@H]2CC(=O)C3=C(C2)Nc2ccccc2N(C(=O)CCC(=O)O)[C@@H]3c2ccncc2)cc1. The van der Waals surface area contributed by atoms with Gasteiger partial charge in [-0.15, -0.1) is 0 Å². The summed E-state index contributed by atoms with van der Waals surface area (Å²) in [5.74, 6) is -1.43. The van der Waals surface area contributed by atoms with Crippen LogP contribution in [0.2, 0.25) is 0 Å². The highest BCUT2D eigenvalue weighted by molar-refractivity contribution is 6.06. The molecule has 2 aliphatic rings. The van der Waals surface area contributed by atoms with Crippen LogP contribution >= 0.6 is 0 Å². The number of allylic oxidation sites excluding steroid dienone is 1. The second-order valence-electron chi connectivity index (χ2n) is 11.3. The van der Waals surface area contributed by atoms with Crippen LogP contribution in [0.5, 0.6) is 0 Å². The van der Waals surface area contributed by atoms with E-state index in [4.69, 9.17) is 0 Å². The molecule has 2 heterocycles. The molecule has 200 valence electrons. The molecule has 5 rings (SSSR count). The Morgan fingerprint density at radius 3 is 2.31 bits per heavy atom. The van der Waals surface area contributed by atoms with Crippen LogP contribution in [-0.4, -0.2) is 27.8 Å². The summed E-state index contributed by atoms with van der Waals surface area (Å²) in [6.45, 7) is 6.54. The first kappa shape index (κ1) is 26.4. The summed E-state index contributed by atoms with van der Waals surface area (Å²) in [4.78, 5) is 44.7. The second-order valence-corrected chi connectivity index (χ2v) is 11.3. The highest BCUT2D eigenvalue weighted by atomic mass is 16.4.